The van der Waals surface area contributed by atoms with Crippen LogP contribution in [-0.4, -0.2) is 10.5 Å². The molecule has 0 fully saturated rings. The molecule has 0 aliphatic heterocycles. The zero-order valence-corrected chi connectivity index (χ0v) is 11.1. The van der Waals surface area contributed by atoms with Gasteiger partial charge in [0.15, 0.2) is 0 Å². The summed E-state index contributed by atoms with van der Waals surface area (Å²) in [5.74, 6) is 0.973. The Balaban J connectivity index is 2.36. The molecular weight excluding hydrogens is 210 g/mol. The summed E-state index contributed by atoms with van der Waals surface area (Å²) in [5.41, 5.74) is 9.65. The normalized spacial score (nSPS) is 15.5. The Morgan fingerprint density at radius 2 is 2.00 bits per heavy atom. The quantitative estimate of drug-likeness (QED) is 0.825. The molecule has 17 heavy (non-hydrogen) atoms. The van der Waals surface area contributed by atoms with Gasteiger partial charge in [-0.1, -0.05) is 0 Å². The summed E-state index contributed by atoms with van der Waals surface area (Å²) in [5, 5.41) is 3.46. The lowest BCUT2D eigenvalue weighted by atomic mass is 9.94. The zero-order chi connectivity index (χ0) is 12.5. The van der Waals surface area contributed by atoms with Gasteiger partial charge >= 0.3 is 0 Å². The fourth-order valence-corrected chi connectivity index (χ4v) is 2.30. The molecule has 0 bridgehead atoms. The van der Waals surface area contributed by atoms with Crippen molar-refractivity contribution in [3.63, 3.8) is 0 Å². The smallest absolute Gasteiger partial charge is 0.131 e. The van der Waals surface area contributed by atoms with Crippen molar-refractivity contribution in [2.45, 2.75) is 58.5 Å². The summed E-state index contributed by atoms with van der Waals surface area (Å²) in [7, 11) is 0. The van der Waals surface area contributed by atoms with Crippen molar-refractivity contribution in [3.8, 4) is 0 Å². The van der Waals surface area contributed by atoms with Crippen molar-refractivity contribution < 1.29 is 0 Å². The molecule has 1 aliphatic rings. The molecule has 0 saturated carbocycles. The minimum Gasteiger partial charge on any atom is -0.365 e. The number of pyridine rings is 1. The van der Waals surface area contributed by atoms with Crippen LogP contribution >= 0.6 is 0 Å². The molecule has 94 valence electrons. The molecule has 1 aliphatic carbocycles. The lowest BCUT2D eigenvalue weighted by molar-refractivity contribution is 0.622. The van der Waals surface area contributed by atoms with Crippen LogP contribution in [0.25, 0.3) is 0 Å². The Kier molecular flexibility index (Phi) is 3.38. The van der Waals surface area contributed by atoms with Gasteiger partial charge in [0.05, 0.1) is 0 Å². The second kappa shape index (κ2) is 4.65. The van der Waals surface area contributed by atoms with Crippen molar-refractivity contribution in [1.29, 1.82) is 0 Å². The average molecular weight is 233 g/mol. The predicted octanol–water partition coefficient (Wildman–Crippen LogP) is 2.63. The van der Waals surface area contributed by atoms with Crippen LogP contribution in [0.2, 0.25) is 0 Å². The minimum atomic E-state index is 0.0276. The summed E-state index contributed by atoms with van der Waals surface area (Å²) in [4.78, 5) is 4.78. The van der Waals surface area contributed by atoms with Crippen molar-refractivity contribution in [1.82, 2.24) is 4.98 Å². The fraction of sp³-hybridized carbons (Fsp3) is 0.643. The highest BCUT2D eigenvalue weighted by Crippen LogP contribution is 2.26. The van der Waals surface area contributed by atoms with E-state index >= 15 is 0 Å². The van der Waals surface area contributed by atoms with Crippen LogP contribution in [0.5, 0.6) is 0 Å². The lowest BCUT2D eigenvalue weighted by Gasteiger charge is -2.25. The first-order valence-corrected chi connectivity index (χ1v) is 6.49. The minimum absolute atomic E-state index is 0.0276. The number of aromatic nitrogens is 1. The number of hydrogen-bond donors (Lipinski definition) is 2. The first kappa shape index (κ1) is 12.4. The highest BCUT2D eigenvalue weighted by Gasteiger charge is 2.17. The van der Waals surface area contributed by atoms with Gasteiger partial charge in [-0.2, -0.15) is 0 Å². The Morgan fingerprint density at radius 3 is 2.65 bits per heavy atom. The third kappa shape index (κ3) is 2.97. The molecule has 3 heteroatoms. The van der Waals surface area contributed by atoms with E-state index in [4.69, 9.17) is 10.7 Å². The number of nitrogens with two attached hydrogens (primary N) is 1. The Morgan fingerprint density at radius 1 is 1.29 bits per heavy atom. The van der Waals surface area contributed by atoms with Crippen LogP contribution < -0.4 is 11.1 Å². The fourth-order valence-electron chi connectivity index (χ4n) is 2.30. The average Bonchev–Trinajstić information content (AvgIpc) is 2.26. The third-order valence-corrected chi connectivity index (χ3v) is 3.09. The molecule has 1 heterocycles. The molecule has 0 atom stereocenters. The van der Waals surface area contributed by atoms with E-state index in [2.05, 4.69) is 32.2 Å². The summed E-state index contributed by atoms with van der Waals surface area (Å²) in [6.45, 7) is 7.00. The van der Waals surface area contributed by atoms with Crippen molar-refractivity contribution >= 4 is 5.82 Å². The van der Waals surface area contributed by atoms with Crippen LogP contribution in [-0.2, 0) is 19.4 Å². The van der Waals surface area contributed by atoms with Crippen LogP contribution in [0.4, 0.5) is 5.82 Å². The first-order chi connectivity index (χ1) is 7.99. The standard InChI is InChI=1S/C14H23N3/c1-14(2,3)17-13-11(9-15)8-10-6-4-5-7-12(10)16-13/h8H,4-7,9,15H2,1-3H3,(H,16,17). The molecule has 1 aromatic rings. The topological polar surface area (TPSA) is 50.9 Å². The molecule has 0 spiro atoms. The SMILES string of the molecule is CC(C)(C)Nc1nc2c(cc1CN)CCCC2. The van der Waals surface area contributed by atoms with E-state index in [1.54, 1.807) is 0 Å². The van der Waals surface area contributed by atoms with Crippen LogP contribution in [0.15, 0.2) is 6.07 Å². The Bertz CT molecular complexity index is 405. The maximum Gasteiger partial charge on any atom is 0.131 e. The van der Waals surface area contributed by atoms with E-state index in [1.165, 1.54) is 24.1 Å². The summed E-state index contributed by atoms with van der Waals surface area (Å²) in [6, 6.07) is 2.25. The number of fused-ring (bicyclic) bond motifs is 1. The second-order valence-corrected chi connectivity index (χ2v) is 5.89. The van der Waals surface area contributed by atoms with Crippen molar-refractivity contribution in [2.75, 3.05) is 5.32 Å². The molecule has 0 aromatic carbocycles. The first-order valence-electron chi connectivity index (χ1n) is 6.49. The number of nitrogens with zero attached hydrogens (tertiary/aromatic N) is 1. The molecule has 1 aromatic heterocycles. The van der Waals surface area contributed by atoms with Crippen molar-refractivity contribution in [3.05, 3.63) is 22.9 Å². The van der Waals surface area contributed by atoms with Crippen LogP contribution in [0, 0.1) is 0 Å². The highest BCUT2D eigenvalue weighted by atomic mass is 15.0. The molecule has 0 amide bonds. The van der Waals surface area contributed by atoms with Crippen LogP contribution in [0.1, 0.15) is 50.4 Å². The summed E-state index contributed by atoms with van der Waals surface area (Å²) < 4.78 is 0. The van der Waals surface area contributed by atoms with Gasteiger partial charge in [0.2, 0.25) is 0 Å². The number of aryl methyl sites for hydroxylation is 2. The highest BCUT2D eigenvalue weighted by molar-refractivity contribution is 5.49. The van der Waals surface area contributed by atoms with Gasteiger partial charge in [-0.3, -0.25) is 0 Å². The summed E-state index contributed by atoms with van der Waals surface area (Å²) >= 11 is 0. The van der Waals surface area contributed by atoms with Gasteiger partial charge in [0.25, 0.3) is 0 Å². The van der Waals surface area contributed by atoms with E-state index in [0.29, 0.717) is 6.54 Å². The predicted molar refractivity (Wildman–Crippen MR) is 72.1 cm³/mol. The zero-order valence-electron chi connectivity index (χ0n) is 11.1. The van der Waals surface area contributed by atoms with Gasteiger partial charge in [-0.15, -0.1) is 0 Å². The Labute approximate surface area is 104 Å². The number of nitrogens with one attached hydrogen (secondary N) is 1. The maximum absolute atomic E-state index is 5.82. The van der Waals surface area contributed by atoms with E-state index in [0.717, 1.165) is 24.2 Å². The lowest BCUT2D eigenvalue weighted by Crippen LogP contribution is -2.28. The number of rotatable bonds is 2. The van der Waals surface area contributed by atoms with Gasteiger partial charge in [0.1, 0.15) is 5.82 Å². The van der Waals surface area contributed by atoms with Gasteiger partial charge < -0.3 is 11.1 Å². The summed E-state index contributed by atoms with van der Waals surface area (Å²) in [6.07, 6.45) is 4.81. The number of anilines is 1. The molecule has 3 nitrogen and oxygen atoms in total. The second-order valence-electron chi connectivity index (χ2n) is 5.89. The maximum atomic E-state index is 5.82. The van der Waals surface area contributed by atoms with Crippen molar-refractivity contribution in [2.24, 2.45) is 5.73 Å². The molecule has 2 rings (SSSR count). The van der Waals surface area contributed by atoms with E-state index in [1.807, 2.05) is 0 Å². The van der Waals surface area contributed by atoms with E-state index in [-0.39, 0.29) is 5.54 Å². The molecule has 0 radical (unpaired) electrons. The van der Waals surface area contributed by atoms with Crippen LogP contribution in [0.3, 0.4) is 0 Å². The van der Waals surface area contributed by atoms with E-state index in [9.17, 15) is 0 Å². The molecule has 0 unspecified atom stereocenters. The molecular formula is C14H23N3. The third-order valence-electron chi connectivity index (χ3n) is 3.09. The van der Waals surface area contributed by atoms with Gasteiger partial charge in [-0.25, -0.2) is 4.98 Å². The molecule has 3 N–H and O–H groups in total. The number of hydrogen-bond acceptors (Lipinski definition) is 3. The Hall–Kier alpha value is -1.09. The monoisotopic (exact) mass is 233 g/mol. The molecule has 0 saturated heterocycles. The van der Waals surface area contributed by atoms with Gasteiger partial charge in [0, 0.05) is 23.3 Å². The largest absolute Gasteiger partial charge is 0.365 e. The van der Waals surface area contributed by atoms with Gasteiger partial charge in [-0.05, 0) is 58.1 Å². The van der Waals surface area contributed by atoms with E-state index < -0.39 is 0 Å².